The van der Waals surface area contributed by atoms with Gasteiger partial charge in [-0.25, -0.2) is 0 Å². The van der Waals surface area contributed by atoms with E-state index in [0.717, 1.165) is 10.9 Å². The fourth-order valence-electron chi connectivity index (χ4n) is 1.49. The minimum Gasteiger partial charge on any atom is -0.383 e. The Bertz CT molecular complexity index is 308. The maximum absolute atomic E-state index is 11.7. The Kier molecular flexibility index (Phi) is 6.49. The Labute approximate surface area is 113 Å². The first-order valence-corrected chi connectivity index (χ1v) is 7.27. The van der Waals surface area contributed by atoms with Crippen molar-refractivity contribution in [3.63, 3.8) is 0 Å². The fraction of sp³-hybridized carbons (Fsp3) is 0.833. The predicted molar refractivity (Wildman–Crippen MR) is 76.0 cm³/mol. The zero-order valence-corrected chi connectivity index (χ0v) is 12.3. The second-order valence-electron chi connectivity index (χ2n) is 4.71. The van der Waals surface area contributed by atoms with Crippen molar-refractivity contribution in [3.05, 3.63) is 0 Å². The van der Waals surface area contributed by atoms with Gasteiger partial charge in [0, 0.05) is 19.4 Å². The number of aliphatic imine (C=N–C) groups is 1. The minimum absolute atomic E-state index is 0.0247. The molecule has 2 atom stereocenters. The van der Waals surface area contributed by atoms with E-state index in [4.69, 9.17) is 4.74 Å². The molecule has 0 aliphatic carbocycles. The summed E-state index contributed by atoms with van der Waals surface area (Å²) in [6.45, 7) is 7.24. The van der Waals surface area contributed by atoms with Crippen molar-refractivity contribution >= 4 is 22.8 Å². The lowest BCUT2D eigenvalue weighted by atomic mass is 10.1. The number of nitrogens with zero attached hydrogens (tertiary/aromatic N) is 1. The van der Waals surface area contributed by atoms with E-state index in [1.807, 2.05) is 6.92 Å². The Morgan fingerprint density at radius 2 is 2.28 bits per heavy atom. The molecular formula is C12H23N3O2S. The van der Waals surface area contributed by atoms with Crippen molar-refractivity contribution in [2.24, 2.45) is 10.9 Å². The predicted octanol–water partition coefficient (Wildman–Crippen LogP) is 0.854. The van der Waals surface area contributed by atoms with Crippen LogP contribution in [0, 0.1) is 5.92 Å². The van der Waals surface area contributed by atoms with Crippen molar-refractivity contribution in [3.8, 4) is 0 Å². The lowest BCUT2D eigenvalue weighted by molar-refractivity contribution is -0.122. The minimum atomic E-state index is -0.265. The van der Waals surface area contributed by atoms with Gasteiger partial charge in [-0.15, -0.1) is 0 Å². The van der Waals surface area contributed by atoms with Gasteiger partial charge in [0.25, 0.3) is 0 Å². The van der Waals surface area contributed by atoms with Gasteiger partial charge >= 0.3 is 0 Å². The molecule has 2 N–H and O–H groups in total. The smallest absolute Gasteiger partial charge is 0.242 e. The summed E-state index contributed by atoms with van der Waals surface area (Å²) >= 11 is 1.69. The molecule has 0 spiro atoms. The summed E-state index contributed by atoms with van der Waals surface area (Å²) in [4.78, 5) is 16.3. The Balaban J connectivity index is 2.34. The SMILES string of the molecule is COCCNC(=O)C(C)NC1=N[C@@H](C(C)C)CS1. The number of hydrogen-bond acceptors (Lipinski definition) is 5. The molecule has 1 unspecified atom stereocenters. The molecule has 0 aromatic rings. The topological polar surface area (TPSA) is 62.7 Å². The number of hydrogen-bond donors (Lipinski definition) is 2. The maximum Gasteiger partial charge on any atom is 0.242 e. The highest BCUT2D eigenvalue weighted by molar-refractivity contribution is 8.14. The third-order valence-corrected chi connectivity index (χ3v) is 3.79. The molecule has 1 aliphatic rings. The second-order valence-corrected chi connectivity index (χ2v) is 5.72. The number of ether oxygens (including phenoxy) is 1. The van der Waals surface area contributed by atoms with Crippen LogP contribution < -0.4 is 10.6 Å². The lowest BCUT2D eigenvalue weighted by Crippen LogP contribution is -2.44. The van der Waals surface area contributed by atoms with Gasteiger partial charge in [0.05, 0.1) is 12.6 Å². The molecule has 0 saturated carbocycles. The number of methoxy groups -OCH3 is 1. The van der Waals surface area contributed by atoms with E-state index in [0.29, 0.717) is 25.1 Å². The zero-order chi connectivity index (χ0) is 13.5. The highest BCUT2D eigenvalue weighted by atomic mass is 32.2. The van der Waals surface area contributed by atoms with Crippen LogP contribution >= 0.6 is 11.8 Å². The lowest BCUT2D eigenvalue weighted by Gasteiger charge is -2.14. The van der Waals surface area contributed by atoms with E-state index < -0.39 is 0 Å². The number of carbonyl (C=O) groups is 1. The van der Waals surface area contributed by atoms with Gasteiger partial charge in [0.15, 0.2) is 5.17 Å². The van der Waals surface area contributed by atoms with Gasteiger partial charge in [-0.1, -0.05) is 25.6 Å². The van der Waals surface area contributed by atoms with E-state index in [1.165, 1.54) is 0 Å². The Morgan fingerprint density at radius 3 is 2.83 bits per heavy atom. The number of amides is 1. The molecule has 18 heavy (non-hydrogen) atoms. The Hall–Kier alpha value is -0.750. The molecule has 1 heterocycles. The summed E-state index contributed by atoms with van der Waals surface area (Å²) < 4.78 is 4.88. The fourth-order valence-corrected chi connectivity index (χ4v) is 2.75. The largest absolute Gasteiger partial charge is 0.383 e. The number of carbonyl (C=O) groups excluding carboxylic acids is 1. The first kappa shape index (κ1) is 15.3. The quantitative estimate of drug-likeness (QED) is 0.705. The molecule has 104 valence electrons. The molecule has 0 aromatic carbocycles. The molecule has 0 fully saturated rings. The third-order valence-electron chi connectivity index (χ3n) is 2.78. The summed E-state index contributed by atoms with van der Waals surface area (Å²) in [6.07, 6.45) is 0. The van der Waals surface area contributed by atoms with Gasteiger partial charge in [0.1, 0.15) is 6.04 Å². The van der Waals surface area contributed by atoms with Crippen LogP contribution in [0.25, 0.3) is 0 Å². The van der Waals surface area contributed by atoms with Gasteiger partial charge in [-0.05, 0) is 12.8 Å². The van der Waals surface area contributed by atoms with Crippen LogP contribution in [0.2, 0.25) is 0 Å². The maximum atomic E-state index is 11.7. The molecular weight excluding hydrogens is 250 g/mol. The molecule has 5 nitrogen and oxygen atoms in total. The van der Waals surface area contributed by atoms with Crippen LogP contribution in [0.1, 0.15) is 20.8 Å². The van der Waals surface area contributed by atoms with Crippen LogP contribution in [-0.2, 0) is 9.53 Å². The zero-order valence-electron chi connectivity index (χ0n) is 11.5. The number of amidine groups is 1. The Morgan fingerprint density at radius 1 is 1.56 bits per heavy atom. The average molecular weight is 273 g/mol. The van der Waals surface area contributed by atoms with E-state index in [1.54, 1.807) is 18.9 Å². The van der Waals surface area contributed by atoms with Crippen molar-refractivity contribution in [2.75, 3.05) is 26.0 Å². The van der Waals surface area contributed by atoms with E-state index in [-0.39, 0.29) is 11.9 Å². The highest BCUT2D eigenvalue weighted by Gasteiger charge is 2.23. The molecule has 1 amide bonds. The molecule has 0 saturated heterocycles. The standard InChI is InChI=1S/C12H23N3O2S/c1-8(2)10-7-18-12(15-10)14-9(3)11(16)13-5-6-17-4/h8-10H,5-7H2,1-4H3,(H,13,16)(H,14,15)/t9?,10-/m1/s1. The molecule has 6 heteroatoms. The first-order valence-electron chi connectivity index (χ1n) is 6.28. The normalized spacial score (nSPS) is 20.7. The molecule has 1 rings (SSSR count). The van der Waals surface area contributed by atoms with Crippen molar-refractivity contribution in [1.29, 1.82) is 0 Å². The monoisotopic (exact) mass is 273 g/mol. The van der Waals surface area contributed by atoms with Gasteiger partial charge in [-0.3, -0.25) is 9.79 Å². The summed E-state index contributed by atoms with van der Waals surface area (Å²) in [6, 6.07) is 0.0975. The summed E-state index contributed by atoms with van der Waals surface area (Å²) in [5, 5.41) is 6.83. The molecule has 0 bridgehead atoms. The van der Waals surface area contributed by atoms with E-state index >= 15 is 0 Å². The number of thioether (sulfide) groups is 1. The van der Waals surface area contributed by atoms with Gasteiger partial charge in [-0.2, -0.15) is 0 Å². The van der Waals surface area contributed by atoms with Crippen LogP contribution in [0.5, 0.6) is 0 Å². The molecule has 1 aliphatic heterocycles. The van der Waals surface area contributed by atoms with E-state index in [9.17, 15) is 4.79 Å². The summed E-state index contributed by atoms with van der Waals surface area (Å²) in [7, 11) is 1.61. The highest BCUT2D eigenvalue weighted by Crippen LogP contribution is 2.22. The number of nitrogens with one attached hydrogen (secondary N) is 2. The summed E-state index contributed by atoms with van der Waals surface area (Å²) in [5.74, 6) is 1.52. The molecule has 0 radical (unpaired) electrons. The van der Waals surface area contributed by atoms with Gasteiger partial charge in [0.2, 0.25) is 5.91 Å². The first-order chi connectivity index (χ1) is 8.54. The van der Waals surface area contributed by atoms with Crippen LogP contribution in [0.3, 0.4) is 0 Å². The summed E-state index contributed by atoms with van der Waals surface area (Å²) in [5.41, 5.74) is 0. The van der Waals surface area contributed by atoms with Crippen molar-refractivity contribution in [2.45, 2.75) is 32.9 Å². The molecule has 0 aromatic heterocycles. The second kappa shape index (κ2) is 7.63. The average Bonchev–Trinajstić information content (AvgIpc) is 2.77. The van der Waals surface area contributed by atoms with Crippen LogP contribution in [0.15, 0.2) is 4.99 Å². The van der Waals surface area contributed by atoms with Gasteiger partial charge < -0.3 is 15.4 Å². The van der Waals surface area contributed by atoms with Crippen molar-refractivity contribution < 1.29 is 9.53 Å². The number of rotatable bonds is 6. The van der Waals surface area contributed by atoms with Crippen LogP contribution in [0.4, 0.5) is 0 Å². The van der Waals surface area contributed by atoms with Crippen LogP contribution in [-0.4, -0.2) is 49.2 Å². The van der Waals surface area contributed by atoms with E-state index in [2.05, 4.69) is 29.5 Å². The third kappa shape index (κ3) is 4.86. The van der Waals surface area contributed by atoms with Crippen molar-refractivity contribution in [1.82, 2.24) is 10.6 Å².